The molecular formula is C10H17ClN4. The second kappa shape index (κ2) is 5.88. The predicted molar refractivity (Wildman–Crippen MR) is 63.4 cm³/mol. The van der Waals surface area contributed by atoms with Gasteiger partial charge in [0.05, 0.1) is 6.20 Å². The van der Waals surface area contributed by atoms with Gasteiger partial charge < -0.3 is 10.2 Å². The van der Waals surface area contributed by atoms with Crippen LogP contribution >= 0.6 is 11.6 Å². The molecule has 0 aliphatic rings. The van der Waals surface area contributed by atoms with Crippen LogP contribution in [0.1, 0.15) is 6.92 Å². The van der Waals surface area contributed by atoms with E-state index >= 15 is 0 Å². The highest BCUT2D eigenvalue weighted by Gasteiger charge is 2.10. The molecule has 1 aromatic heterocycles. The second-order valence-electron chi connectivity index (χ2n) is 3.74. The minimum absolute atomic E-state index is 0.547. The van der Waals surface area contributed by atoms with Gasteiger partial charge in [0.2, 0.25) is 0 Å². The number of aromatic nitrogens is 2. The average Bonchev–Trinajstić information content (AvgIpc) is 2.18. The second-order valence-corrected chi connectivity index (χ2v) is 4.14. The normalized spacial score (nSPS) is 12.5. The maximum absolute atomic E-state index is 6.00. The van der Waals surface area contributed by atoms with Crippen LogP contribution in [0.25, 0.3) is 0 Å². The molecule has 5 heteroatoms. The molecule has 1 unspecified atom stereocenters. The van der Waals surface area contributed by atoms with Crippen LogP contribution in [-0.2, 0) is 0 Å². The summed E-state index contributed by atoms with van der Waals surface area (Å²) in [7, 11) is 3.94. The van der Waals surface area contributed by atoms with Crippen LogP contribution in [0.5, 0.6) is 0 Å². The van der Waals surface area contributed by atoms with Crippen LogP contribution in [0.15, 0.2) is 12.5 Å². The molecule has 1 N–H and O–H groups in total. The fraction of sp³-hybridized carbons (Fsp3) is 0.600. The maximum Gasteiger partial charge on any atom is 0.150 e. The number of rotatable bonds is 5. The third-order valence-corrected chi connectivity index (χ3v) is 2.41. The van der Waals surface area contributed by atoms with E-state index in [2.05, 4.69) is 22.2 Å². The SMILES string of the molecule is CNCC(C)CN(C)c1ncncc1Cl. The molecule has 0 fully saturated rings. The van der Waals surface area contributed by atoms with E-state index < -0.39 is 0 Å². The van der Waals surface area contributed by atoms with Crippen LogP contribution < -0.4 is 10.2 Å². The van der Waals surface area contributed by atoms with Gasteiger partial charge in [0, 0.05) is 13.6 Å². The molecule has 0 radical (unpaired) electrons. The Hall–Kier alpha value is -0.870. The summed E-state index contributed by atoms with van der Waals surface area (Å²) in [4.78, 5) is 10.1. The van der Waals surface area contributed by atoms with Crippen molar-refractivity contribution in [1.29, 1.82) is 0 Å². The molecule has 0 amide bonds. The summed E-state index contributed by atoms with van der Waals surface area (Å²) in [5, 5.41) is 3.74. The van der Waals surface area contributed by atoms with Crippen molar-refractivity contribution in [2.75, 3.05) is 32.1 Å². The van der Waals surface area contributed by atoms with Gasteiger partial charge in [0.15, 0.2) is 5.82 Å². The monoisotopic (exact) mass is 228 g/mol. The van der Waals surface area contributed by atoms with Gasteiger partial charge in [-0.3, -0.25) is 0 Å². The summed E-state index contributed by atoms with van der Waals surface area (Å²) in [6.45, 7) is 4.08. The topological polar surface area (TPSA) is 41.0 Å². The quantitative estimate of drug-likeness (QED) is 0.828. The summed E-state index contributed by atoms with van der Waals surface area (Å²) in [5.74, 6) is 1.33. The van der Waals surface area contributed by atoms with Gasteiger partial charge in [0.25, 0.3) is 0 Å². The maximum atomic E-state index is 6.00. The van der Waals surface area contributed by atoms with Crippen molar-refractivity contribution in [2.24, 2.45) is 5.92 Å². The number of hydrogen-bond acceptors (Lipinski definition) is 4. The smallest absolute Gasteiger partial charge is 0.150 e. The molecule has 15 heavy (non-hydrogen) atoms. The third-order valence-electron chi connectivity index (χ3n) is 2.15. The minimum Gasteiger partial charge on any atom is -0.358 e. The number of anilines is 1. The van der Waals surface area contributed by atoms with Crippen LogP contribution in [0.3, 0.4) is 0 Å². The van der Waals surface area contributed by atoms with E-state index in [1.165, 1.54) is 6.33 Å². The lowest BCUT2D eigenvalue weighted by Gasteiger charge is -2.22. The molecule has 84 valence electrons. The Morgan fingerprint density at radius 3 is 2.93 bits per heavy atom. The Bertz CT molecular complexity index is 305. The van der Waals surface area contributed by atoms with Crippen molar-refractivity contribution >= 4 is 17.4 Å². The summed E-state index contributed by atoms with van der Waals surface area (Å²) >= 11 is 6.00. The third kappa shape index (κ3) is 3.64. The number of nitrogens with zero attached hydrogens (tertiary/aromatic N) is 3. The molecule has 0 saturated heterocycles. The average molecular weight is 229 g/mol. The molecule has 4 nitrogen and oxygen atoms in total. The van der Waals surface area contributed by atoms with Gasteiger partial charge in [-0.2, -0.15) is 0 Å². The highest BCUT2D eigenvalue weighted by Crippen LogP contribution is 2.20. The number of nitrogens with one attached hydrogen (secondary N) is 1. The fourth-order valence-electron chi connectivity index (χ4n) is 1.55. The first-order valence-corrected chi connectivity index (χ1v) is 5.34. The summed E-state index contributed by atoms with van der Waals surface area (Å²) < 4.78 is 0. The lowest BCUT2D eigenvalue weighted by atomic mass is 10.1. The van der Waals surface area contributed by atoms with E-state index in [1.807, 2.05) is 19.0 Å². The van der Waals surface area contributed by atoms with Crippen LogP contribution in [0.4, 0.5) is 5.82 Å². The van der Waals surface area contributed by atoms with Crippen LogP contribution in [-0.4, -0.2) is 37.2 Å². The Labute approximate surface area is 95.7 Å². The molecule has 1 rings (SSSR count). The molecule has 0 aromatic carbocycles. The first-order chi connectivity index (χ1) is 7.15. The zero-order valence-electron chi connectivity index (χ0n) is 9.37. The lowest BCUT2D eigenvalue weighted by Crippen LogP contribution is -2.30. The van der Waals surface area contributed by atoms with Gasteiger partial charge >= 0.3 is 0 Å². The Morgan fingerprint density at radius 2 is 2.33 bits per heavy atom. The molecule has 0 saturated carbocycles. The van der Waals surface area contributed by atoms with Gasteiger partial charge in [0.1, 0.15) is 11.3 Å². The Morgan fingerprint density at radius 1 is 1.60 bits per heavy atom. The van der Waals surface area contributed by atoms with Gasteiger partial charge in [-0.15, -0.1) is 0 Å². The molecule has 0 bridgehead atoms. The highest BCUT2D eigenvalue weighted by atomic mass is 35.5. The highest BCUT2D eigenvalue weighted by molar-refractivity contribution is 6.32. The van der Waals surface area contributed by atoms with Crippen LogP contribution in [0, 0.1) is 5.92 Å². The molecule has 0 aliphatic heterocycles. The van der Waals surface area contributed by atoms with E-state index in [-0.39, 0.29) is 0 Å². The molecular weight excluding hydrogens is 212 g/mol. The van der Waals surface area contributed by atoms with Gasteiger partial charge in [-0.25, -0.2) is 9.97 Å². The van der Waals surface area contributed by atoms with E-state index in [0.29, 0.717) is 10.9 Å². The zero-order valence-corrected chi connectivity index (χ0v) is 10.1. The van der Waals surface area contributed by atoms with Gasteiger partial charge in [-0.05, 0) is 19.5 Å². The van der Waals surface area contributed by atoms with Crippen LogP contribution in [0.2, 0.25) is 5.02 Å². The molecule has 1 aromatic rings. The zero-order chi connectivity index (χ0) is 11.3. The standard InChI is InChI=1S/C10H17ClN4/c1-8(4-12-2)6-15(3)10-9(11)5-13-7-14-10/h5,7-8,12H,4,6H2,1-3H3. The first kappa shape index (κ1) is 12.2. The van der Waals surface area contributed by atoms with Gasteiger partial charge in [-0.1, -0.05) is 18.5 Å². The largest absolute Gasteiger partial charge is 0.358 e. The summed E-state index contributed by atoms with van der Waals surface area (Å²) in [6.07, 6.45) is 3.13. The number of hydrogen-bond donors (Lipinski definition) is 1. The van der Waals surface area contributed by atoms with Crippen molar-refractivity contribution in [3.63, 3.8) is 0 Å². The van der Waals surface area contributed by atoms with Crippen molar-refractivity contribution in [3.05, 3.63) is 17.5 Å². The summed E-state index contributed by atoms with van der Waals surface area (Å²) in [5.41, 5.74) is 0. The lowest BCUT2D eigenvalue weighted by molar-refractivity contribution is 0.541. The van der Waals surface area contributed by atoms with E-state index in [4.69, 9.17) is 11.6 Å². The van der Waals surface area contributed by atoms with Crippen molar-refractivity contribution in [2.45, 2.75) is 6.92 Å². The molecule has 0 aliphatic carbocycles. The summed E-state index contributed by atoms with van der Waals surface area (Å²) in [6, 6.07) is 0. The molecule has 0 spiro atoms. The van der Waals surface area contributed by atoms with E-state index in [9.17, 15) is 0 Å². The minimum atomic E-state index is 0.547. The van der Waals surface area contributed by atoms with E-state index in [1.54, 1.807) is 6.20 Å². The van der Waals surface area contributed by atoms with E-state index in [0.717, 1.165) is 18.9 Å². The molecule has 1 atom stereocenters. The Balaban J connectivity index is 2.61. The van der Waals surface area contributed by atoms with Crippen molar-refractivity contribution in [1.82, 2.24) is 15.3 Å². The van der Waals surface area contributed by atoms with Crippen molar-refractivity contribution in [3.8, 4) is 0 Å². The fourth-order valence-corrected chi connectivity index (χ4v) is 1.80. The predicted octanol–water partition coefficient (Wildman–Crippen LogP) is 1.42. The first-order valence-electron chi connectivity index (χ1n) is 4.96. The Kier molecular flexibility index (Phi) is 4.78. The molecule has 1 heterocycles. The van der Waals surface area contributed by atoms with Crippen molar-refractivity contribution < 1.29 is 0 Å². The number of halogens is 1.